The van der Waals surface area contributed by atoms with E-state index < -0.39 is 0 Å². The molecule has 0 nitrogen and oxygen atoms in total. The number of hydrogen-bond acceptors (Lipinski definition) is 0. The first-order valence-electron chi connectivity index (χ1n) is 8.31. The second-order valence-electron chi connectivity index (χ2n) is 7.63. The van der Waals surface area contributed by atoms with Gasteiger partial charge in [-0.1, -0.05) is 61.8 Å². The monoisotopic (exact) mass is 252 g/mol. The molecule has 0 heteroatoms. The Morgan fingerprint density at radius 1 is 0.778 bits per heavy atom. The molecule has 7 atom stereocenters. The highest BCUT2D eigenvalue weighted by Crippen LogP contribution is 2.52. The average Bonchev–Trinajstić information content (AvgIpc) is 3.14. The van der Waals surface area contributed by atoms with Crippen molar-refractivity contribution in [2.45, 2.75) is 68.2 Å². The van der Waals surface area contributed by atoms with Crippen LogP contribution in [0, 0.1) is 47.3 Å². The normalized spacial score (nSPS) is 31.8. The Labute approximate surface area is 116 Å². The number of rotatable bonds is 7. The van der Waals surface area contributed by atoms with Crippen LogP contribution in [0.15, 0.2) is 0 Å². The Morgan fingerprint density at radius 2 is 1.33 bits per heavy atom. The summed E-state index contributed by atoms with van der Waals surface area (Å²) in [5.41, 5.74) is 0. The zero-order chi connectivity index (χ0) is 14.0. The first-order valence-corrected chi connectivity index (χ1v) is 8.31. The zero-order valence-electron chi connectivity index (χ0n) is 14.0. The van der Waals surface area contributed by atoms with Crippen molar-refractivity contribution < 1.29 is 0 Å². The summed E-state index contributed by atoms with van der Waals surface area (Å²) >= 11 is 0. The van der Waals surface area contributed by atoms with Gasteiger partial charge in [0.05, 0.1) is 0 Å². The lowest BCUT2D eigenvalue weighted by molar-refractivity contribution is 0.151. The van der Waals surface area contributed by atoms with Crippen molar-refractivity contribution in [3.63, 3.8) is 0 Å². The van der Waals surface area contributed by atoms with E-state index in [1.807, 2.05) is 0 Å². The molecule has 0 aromatic carbocycles. The highest BCUT2D eigenvalue weighted by molar-refractivity contribution is 4.94. The Balaban J connectivity index is 2.51. The molecule has 0 amide bonds. The van der Waals surface area contributed by atoms with Gasteiger partial charge in [0, 0.05) is 0 Å². The molecule has 1 rings (SSSR count). The molecular weight excluding hydrogens is 216 g/mol. The predicted molar refractivity (Wildman–Crippen MR) is 82.5 cm³/mol. The van der Waals surface area contributed by atoms with Gasteiger partial charge in [-0.2, -0.15) is 0 Å². The van der Waals surface area contributed by atoms with Crippen LogP contribution in [0.3, 0.4) is 0 Å². The van der Waals surface area contributed by atoms with Crippen molar-refractivity contribution in [1.82, 2.24) is 0 Å². The molecule has 0 radical (unpaired) electrons. The highest BCUT2D eigenvalue weighted by atomic mass is 14.5. The lowest BCUT2D eigenvalue weighted by Gasteiger charge is -2.34. The molecule has 0 aromatic heterocycles. The van der Waals surface area contributed by atoms with Crippen molar-refractivity contribution in [3.05, 3.63) is 0 Å². The second-order valence-corrected chi connectivity index (χ2v) is 7.63. The summed E-state index contributed by atoms with van der Waals surface area (Å²) in [7, 11) is 0. The van der Waals surface area contributed by atoms with Crippen LogP contribution in [-0.2, 0) is 0 Å². The third-order valence-electron chi connectivity index (χ3n) is 6.45. The molecule has 0 aliphatic heterocycles. The second kappa shape index (κ2) is 6.44. The van der Waals surface area contributed by atoms with Crippen molar-refractivity contribution >= 4 is 0 Å². The summed E-state index contributed by atoms with van der Waals surface area (Å²) in [6.45, 7) is 19.5. The minimum absolute atomic E-state index is 0.864. The molecule has 0 spiro atoms. The van der Waals surface area contributed by atoms with E-state index in [-0.39, 0.29) is 0 Å². The van der Waals surface area contributed by atoms with Gasteiger partial charge in [0.25, 0.3) is 0 Å². The van der Waals surface area contributed by atoms with E-state index in [0.717, 1.165) is 47.3 Å². The summed E-state index contributed by atoms with van der Waals surface area (Å²) in [6, 6.07) is 0. The van der Waals surface area contributed by atoms with Crippen molar-refractivity contribution in [2.75, 3.05) is 0 Å². The fourth-order valence-corrected chi connectivity index (χ4v) is 3.84. The van der Waals surface area contributed by atoms with Crippen LogP contribution in [-0.4, -0.2) is 0 Å². The lowest BCUT2D eigenvalue weighted by atomic mass is 9.72. The smallest absolute Gasteiger partial charge is 0.0352 e. The predicted octanol–water partition coefficient (Wildman–Crippen LogP) is 5.87. The molecule has 0 saturated heterocycles. The molecule has 1 aliphatic carbocycles. The minimum Gasteiger partial charge on any atom is -0.0651 e. The minimum atomic E-state index is 0.864. The quantitative estimate of drug-likeness (QED) is 0.531. The molecular formula is C18H36. The van der Waals surface area contributed by atoms with E-state index in [1.165, 1.54) is 12.8 Å². The van der Waals surface area contributed by atoms with Crippen LogP contribution < -0.4 is 0 Å². The largest absolute Gasteiger partial charge is 0.0651 e. The molecule has 18 heavy (non-hydrogen) atoms. The first-order chi connectivity index (χ1) is 8.31. The standard InChI is InChI=1S/C18H36/c1-9-12(4)13(5)14(6)15(7)16(8)18-10-17(18)11(2)3/h11-18H,9-10H2,1-8H3. The van der Waals surface area contributed by atoms with E-state index >= 15 is 0 Å². The van der Waals surface area contributed by atoms with Gasteiger partial charge in [-0.15, -0.1) is 0 Å². The van der Waals surface area contributed by atoms with Crippen LogP contribution in [0.2, 0.25) is 0 Å². The summed E-state index contributed by atoms with van der Waals surface area (Å²) in [4.78, 5) is 0. The van der Waals surface area contributed by atoms with Gasteiger partial charge in [0.1, 0.15) is 0 Å². The van der Waals surface area contributed by atoms with E-state index in [0.29, 0.717) is 0 Å². The van der Waals surface area contributed by atoms with Gasteiger partial charge in [0.15, 0.2) is 0 Å². The van der Waals surface area contributed by atoms with Gasteiger partial charge in [-0.3, -0.25) is 0 Å². The van der Waals surface area contributed by atoms with Crippen LogP contribution in [0.25, 0.3) is 0 Å². The SMILES string of the molecule is CCC(C)C(C)C(C)C(C)C(C)C1CC1C(C)C. The molecule has 0 N–H and O–H groups in total. The maximum Gasteiger partial charge on any atom is -0.0352 e. The molecule has 0 heterocycles. The highest BCUT2D eigenvalue weighted by Gasteiger charge is 2.45. The molecule has 0 bridgehead atoms. The Hall–Kier alpha value is 0. The number of hydrogen-bond donors (Lipinski definition) is 0. The Kier molecular flexibility index (Phi) is 5.74. The average molecular weight is 252 g/mol. The molecule has 1 saturated carbocycles. The molecule has 0 aromatic rings. The zero-order valence-corrected chi connectivity index (χ0v) is 14.0. The fraction of sp³-hybridized carbons (Fsp3) is 1.00. The van der Waals surface area contributed by atoms with Crippen LogP contribution in [0.4, 0.5) is 0 Å². The van der Waals surface area contributed by atoms with E-state index in [9.17, 15) is 0 Å². The summed E-state index contributed by atoms with van der Waals surface area (Å²) in [6.07, 6.45) is 2.82. The summed E-state index contributed by atoms with van der Waals surface area (Å²) in [5.74, 6) is 7.33. The van der Waals surface area contributed by atoms with Gasteiger partial charge in [0.2, 0.25) is 0 Å². The van der Waals surface area contributed by atoms with E-state index in [2.05, 4.69) is 55.4 Å². The fourth-order valence-electron chi connectivity index (χ4n) is 3.84. The van der Waals surface area contributed by atoms with Crippen molar-refractivity contribution in [3.8, 4) is 0 Å². The third kappa shape index (κ3) is 3.52. The van der Waals surface area contributed by atoms with E-state index in [4.69, 9.17) is 0 Å². The molecule has 1 aliphatic rings. The van der Waals surface area contributed by atoms with Gasteiger partial charge in [-0.05, 0) is 53.8 Å². The van der Waals surface area contributed by atoms with Crippen molar-refractivity contribution in [1.29, 1.82) is 0 Å². The van der Waals surface area contributed by atoms with Gasteiger partial charge in [-0.25, -0.2) is 0 Å². The van der Waals surface area contributed by atoms with Crippen LogP contribution >= 0.6 is 0 Å². The summed E-state index contributed by atoms with van der Waals surface area (Å²) in [5, 5.41) is 0. The van der Waals surface area contributed by atoms with Crippen LogP contribution in [0.1, 0.15) is 68.2 Å². The summed E-state index contributed by atoms with van der Waals surface area (Å²) < 4.78 is 0. The first kappa shape index (κ1) is 16.1. The molecule has 1 fully saturated rings. The van der Waals surface area contributed by atoms with Crippen LogP contribution in [0.5, 0.6) is 0 Å². The van der Waals surface area contributed by atoms with Gasteiger partial charge >= 0.3 is 0 Å². The third-order valence-corrected chi connectivity index (χ3v) is 6.45. The topological polar surface area (TPSA) is 0 Å². The van der Waals surface area contributed by atoms with Crippen molar-refractivity contribution in [2.24, 2.45) is 47.3 Å². The Bertz CT molecular complexity index is 242. The van der Waals surface area contributed by atoms with E-state index in [1.54, 1.807) is 0 Å². The lowest BCUT2D eigenvalue weighted by Crippen LogP contribution is -2.27. The Morgan fingerprint density at radius 3 is 1.72 bits per heavy atom. The molecule has 7 unspecified atom stereocenters. The maximum absolute atomic E-state index is 2.51. The molecule has 108 valence electrons. The maximum atomic E-state index is 2.51. The van der Waals surface area contributed by atoms with Gasteiger partial charge < -0.3 is 0 Å².